The summed E-state index contributed by atoms with van der Waals surface area (Å²) in [5, 5.41) is 10.7. The standard InChI is InChI=1S/C21H29NO5Si2/c1-28(2,27-29(3,4)25)17-5-16-26-21-14-10-19(11-15-21)7-6-18-8-12-20(13-9-18)22(23)24/h6-15,25H,5,16-17H2,1-4H3/b7-6+. The summed E-state index contributed by atoms with van der Waals surface area (Å²) in [5.41, 5.74) is 2.01. The van der Waals surface area contributed by atoms with Gasteiger partial charge in [0.2, 0.25) is 0 Å². The summed E-state index contributed by atoms with van der Waals surface area (Å²) in [6.45, 7) is 8.48. The number of ether oxygens (including phenoxy) is 1. The first-order valence-corrected chi connectivity index (χ1v) is 15.6. The minimum atomic E-state index is -2.48. The summed E-state index contributed by atoms with van der Waals surface area (Å²) < 4.78 is 11.7. The summed E-state index contributed by atoms with van der Waals surface area (Å²) in [6, 6.07) is 15.2. The molecule has 6 nitrogen and oxygen atoms in total. The minimum absolute atomic E-state index is 0.0865. The van der Waals surface area contributed by atoms with Gasteiger partial charge in [-0.25, -0.2) is 0 Å². The number of hydrogen-bond acceptors (Lipinski definition) is 5. The van der Waals surface area contributed by atoms with Crippen molar-refractivity contribution in [1.29, 1.82) is 0 Å². The predicted octanol–water partition coefficient (Wildman–Crippen LogP) is 5.45. The molecular weight excluding hydrogens is 402 g/mol. The van der Waals surface area contributed by atoms with E-state index in [-0.39, 0.29) is 5.69 Å². The van der Waals surface area contributed by atoms with Crippen molar-refractivity contribution in [2.75, 3.05) is 6.61 Å². The third-order valence-corrected chi connectivity index (χ3v) is 9.94. The first kappa shape index (κ1) is 23.0. The molecule has 0 unspecified atom stereocenters. The van der Waals surface area contributed by atoms with Gasteiger partial charge in [0.15, 0.2) is 8.32 Å². The van der Waals surface area contributed by atoms with Crippen molar-refractivity contribution >= 4 is 34.7 Å². The van der Waals surface area contributed by atoms with Crippen LogP contribution in [0.5, 0.6) is 5.75 Å². The van der Waals surface area contributed by atoms with Crippen LogP contribution >= 0.6 is 0 Å². The Morgan fingerprint density at radius 3 is 1.97 bits per heavy atom. The zero-order chi connectivity index (χ0) is 21.5. The summed E-state index contributed by atoms with van der Waals surface area (Å²) in [6.07, 6.45) is 4.76. The van der Waals surface area contributed by atoms with E-state index in [2.05, 4.69) is 13.1 Å². The van der Waals surface area contributed by atoms with E-state index >= 15 is 0 Å². The number of rotatable bonds is 10. The van der Waals surface area contributed by atoms with Crippen LogP contribution in [0.4, 0.5) is 5.69 Å². The van der Waals surface area contributed by atoms with Crippen LogP contribution in [0.1, 0.15) is 17.5 Å². The van der Waals surface area contributed by atoms with Crippen molar-refractivity contribution in [1.82, 2.24) is 0 Å². The van der Waals surface area contributed by atoms with Gasteiger partial charge < -0.3 is 13.6 Å². The second-order valence-corrected chi connectivity index (χ2v) is 15.7. The molecule has 0 saturated carbocycles. The molecule has 0 spiro atoms. The van der Waals surface area contributed by atoms with E-state index in [1.807, 2.05) is 36.4 Å². The van der Waals surface area contributed by atoms with Gasteiger partial charge in [0.1, 0.15) is 5.75 Å². The summed E-state index contributed by atoms with van der Waals surface area (Å²) in [4.78, 5) is 20.2. The molecule has 0 aliphatic carbocycles. The lowest BCUT2D eigenvalue weighted by molar-refractivity contribution is -0.384. The van der Waals surface area contributed by atoms with Gasteiger partial charge in [-0.3, -0.25) is 10.1 Å². The Labute approximate surface area is 174 Å². The largest absolute Gasteiger partial charge is 0.494 e. The number of nitro benzene ring substituents is 1. The van der Waals surface area contributed by atoms with E-state index in [9.17, 15) is 14.9 Å². The maximum Gasteiger partial charge on any atom is 0.318 e. The van der Waals surface area contributed by atoms with Gasteiger partial charge in [-0.15, -0.1) is 0 Å². The molecule has 2 aromatic carbocycles. The van der Waals surface area contributed by atoms with Gasteiger partial charge in [0.25, 0.3) is 5.69 Å². The summed E-state index contributed by atoms with van der Waals surface area (Å²) in [7, 11) is -4.33. The van der Waals surface area contributed by atoms with E-state index in [0.29, 0.717) is 6.61 Å². The normalized spacial score (nSPS) is 12.3. The molecule has 0 fully saturated rings. The van der Waals surface area contributed by atoms with E-state index in [0.717, 1.165) is 29.3 Å². The highest BCUT2D eigenvalue weighted by Gasteiger charge is 2.31. The topological polar surface area (TPSA) is 81.8 Å². The molecule has 0 aliphatic heterocycles. The lowest BCUT2D eigenvalue weighted by atomic mass is 10.1. The lowest BCUT2D eigenvalue weighted by Crippen LogP contribution is -2.44. The van der Waals surface area contributed by atoms with E-state index in [1.54, 1.807) is 25.2 Å². The third-order valence-electron chi connectivity index (χ3n) is 4.17. The zero-order valence-electron chi connectivity index (χ0n) is 17.4. The maximum atomic E-state index is 10.7. The van der Waals surface area contributed by atoms with Crippen molar-refractivity contribution < 1.29 is 18.6 Å². The second-order valence-electron chi connectivity index (χ2n) is 8.01. The van der Waals surface area contributed by atoms with Crippen LogP contribution in [0.25, 0.3) is 12.2 Å². The van der Waals surface area contributed by atoms with Gasteiger partial charge >= 0.3 is 8.56 Å². The second kappa shape index (κ2) is 9.97. The van der Waals surface area contributed by atoms with Gasteiger partial charge in [-0.2, -0.15) is 0 Å². The first-order valence-electron chi connectivity index (χ1n) is 9.62. The lowest BCUT2D eigenvalue weighted by Gasteiger charge is -2.29. The molecule has 156 valence electrons. The van der Waals surface area contributed by atoms with Crippen LogP contribution in [0, 0.1) is 10.1 Å². The van der Waals surface area contributed by atoms with E-state index in [4.69, 9.17) is 8.85 Å². The smallest absolute Gasteiger partial charge is 0.318 e. The fourth-order valence-electron chi connectivity index (χ4n) is 2.99. The van der Waals surface area contributed by atoms with Crippen LogP contribution in [0.15, 0.2) is 48.5 Å². The van der Waals surface area contributed by atoms with Gasteiger partial charge in [0.05, 0.1) is 11.5 Å². The molecule has 0 radical (unpaired) electrons. The zero-order valence-corrected chi connectivity index (χ0v) is 19.4. The number of nitro groups is 1. The number of non-ortho nitro benzene ring substituents is 1. The Hall–Kier alpha value is -2.27. The average Bonchev–Trinajstić information content (AvgIpc) is 2.63. The Morgan fingerprint density at radius 2 is 1.48 bits per heavy atom. The van der Waals surface area contributed by atoms with Gasteiger partial charge in [-0.05, 0) is 74.0 Å². The summed E-state index contributed by atoms with van der Waals surface area (Å²) in [5.74, 6) is 0.815. The number of nitrogens with zero attached hydrogens (tertiary/aromatic N) is 1. The van der Waals surface area contributed by atoms with Crippen LogP contribution in [-0.2, 0) is 4.12 Å². The van der Waals surface area contributed by atoms with Crippen molar-refractivity contribution in [2.45, 2.75) is 38.7 Å². The molecule has 1 N–H and O–H groups in total. The van der Waals surface area contributed by atoms with Crippen molar-refractivity contribution in [3.8, 4) is 5.75 Å². The van der Waals surface area contributed by atoms with Gasteiger partial charge in [-0.1, -0.05) is 24.3 Å². The minimum Gasteiger partial charge on any atom is -0.494 e. The fourth-order valence-corrected chi connectivity index (χ4v) is 9.80. The van der Waals surface area contributed by atoms with Crippen LogP contribution < -0.4 is 4.74 Å². The average molecular weight is 432 g/mol. The molecule has 2 rings (SSSR count). The summed E-state index contributed by atoms with van der Waals surface area (Å²) >= 11 is 0. The SMILES string of the molecule is C[Si](C)(O)O[Si](C)(C)CCCOc1ccc(/C=C/c2ccc([N+](=O)[O-])cc2)cc1. The monoisotopic (exact) mass is 431 g/mol. The van der Waals surface area contributed by atoms with Crippen LogP contribution in [-0.4, -0.2) is 33.2 Å². The van der Waals surface area contributed by atoms with E-state index < -0.39 is 21.8 Å². The highest BCUT2D eigenvalue weighted by molar-refractivity contribution is 6.81. The quantitative estimate of drug-likeness (QED) is 0.178. The van der Waals surface area contributed by atoms with E-state index in [1.165, 1.54) is 12.1 Å². The Morgan fingerprint density at radius 1 is 0.966 bits per heavy atom. The van der Waals surface area contributed by atoms with Crippen molar-refractivity contribution in [3.63, 3.8) is 0 Å². The van der Waals surface area contributed by atoms with Crippen LogP contribution in [0.3, 0.4) is 0 Å². The molecule has 0 saturated heterocycles. The molecule has 0 heterocycles. The van der Waals surface area contributed by atoms with Gasteiger partial charge in [0, 0.05) is 12.1 Å². The fraction of sp³-hybridized carbons (Fsp3) is 0.333. The molecule has 0 aromatic heterocycles. The maximum absolute atomic E-state index is 10.7. The molecule has 0 bridgehead atoms. The first-order chi connectivity index (χ1) is 13.5. The third kappa shape index (κ3) is 8.74. The molecule has 2 aromatic rings. The molecule has 0 aliphatic rings. The Kier molecular flexibility index (Phi) is 7.91. The molecular formula is C21H29NO5Si2. The van der Waals surface area contributed by atoms with Crippen molar-refractivity contribution in [2.24, 2.45) is 0 Å². The molecule has 8 heteroatoms. The number of hydrogen-bond donors (Lipinski definition) is 1. The van der Waals surface area contributed by atoms with Crippen LogP contribution in [0.2, 0.25) is 32.2 Å². The highest BCUT2D eigenvalue weighted by Crippen LogP contribution is 2.20. The Balaban J connectivity index is 1.80. The number of benzene rings is 2. The molecule has 29 heavy (non-hydrogen) atoms. The predicted molar refractivity (Wildman–Crippen MR) is 122 cm³/mol. The Bertz CT molecular complexity index is 828. The molecule has 0 atom stereocenters. The molecule has 0 amide bonds. The highest BCUT2D eigenvalue weighted by atomic mass is 28.4. The van der Waals surface area contributed by atoms with Crippen molar-refractivity contribution in [3.05, 3.63) is 69.8 Å².